The third-order valence-electron chi connectivity index (χ3n) is 3.25. The number of carboxylic acids is 1. The summed E-state index contributed by atoms with van der Waals surface area (Å²) in [6, 6.07) is 3.15. The van der Waals surface area contributed by atoms with Gasteiger partial charge in [0.15, 0.2) is 0 Å². The lowest BCUT2D eigenvalue weighted by atomic mass is 9.90. The number of hydrogen-bond acceptors (Lipinski definition) is 2. The van der Waals surface area contributed by atoms with E-state index in [4.69, 9.17) is 9.84 Å². The summed E-state index contributed by atoms with van der Waals surface area (Å²) in [6.07, 6.45) is 1.89. The Labute approximate surface area is 113 Å². The van der Waals surface area contributed by atoms with Crippen LogP contribution in [0, 0.1) is 11.7 Å². The molecule has 0 aliphatic heterocycles. The number of benzene rings is 1. The van der Waals surface area contributed by atoms with E-state index >= 15 is 0 Å². The summed E-state index contributed by atoms with van der Waals surface area (Å²) in [5, 5.41) is 8.94. The van der Waals surface area contributed by atoms with Crippen LogP contribution >= 0.6 is 15.9 Å². The molecule has 0 amide bonds. The van der Waals surface area contributed by atoms with E-state index in [1.807, 2.05) is 0 Å². The number of halogens is 2. The monoisotopic (exact) mass is 316 g/mol. The standard InChI is InChI=1S/C13H14BrFO3/c1-18-8-4-10(13(15)11(14)5-8)9(6-12(16)17)7-2-3-7/h4-5,7,9H,2-3,6H2,1H3,(H,16,17). The highest BCUT2D eigenvalue weighted by atomic mass is 79.9. The van der Waals surface area contributed by atoms with Crippen molar-refractivity contribution in [1.82, 2.24) is 0 Å². The molecular formula is C13H14BrFO3. The Balaban J connectivity index is 2.39. The second-order valence-corrected chi connectivity index (χ2v) is 5.41. The van der Waals surface area contributed by atoms with Crippen LogP contribution in [-0.2, 0) is 4.79 Å². The molecule has 1 aliphatic rings. The maximum absolute atomic E-state index is 14.1. The van der Waals surface area contributed by atoms with Gasteiger partial charge in [0.2, 0.25) is 0 Å². The fraction of sp³-hybridized carbons (Fsp3) is 0.462. The van der Waals surface area contributed by atoms with Gasteiger partial charge in [-0.25, -0.2) is 4.39 Å². The summed E-state index contributed by atoms with van der Waals surface area (Å²) < 4.78 is 19.5. The summed E-state index contributed by atoms with van der Waals surface area (Å²) in [5.41, 5.74) is 0.436. The first-order valence-electron chi connectivity index (χ1n) is 5.77. The summed E-state index contributed by atoms with van der Waals surface area (Å²) in [7, 11) is 1.51. The van der Waals surface area contributed by atoms with Crippen molar-refractivity contribution in [1.29, 1.82) is 0 Å². The molecule has 0 aromatic heterocycles. The molecule has 1 unspecified atom stereocenters. The van der Waals surface area contributed by atoms with Crippen LogP contribution in [0.25, 0.3) is 0 Å². The van der Waals surface area contributed by atoms with Gasteiger partial charge in [-0.1, -0.05) is 0 Å². The van der Waals surface area contributed by atoms with E-state index in [1.165, 1.54) is 7.11 Å². The number of rotatable bonds is 5. The summed E-state index contributed by atoms with van der Waals surface area (Å²) >= 11 is 3.14. The molecule has 0 spiro atoms. The first kappa shape index (κ1) is 13.3. The predicted octanol–water partition coefficient (Wildman–Crippen LogP) is 3.57. The minimum Gasteiger partial charge on any atom is -0.497 e. The number of methoxy groups -OCH3 is 1. The van der Waals surface area contributed by atoms with Crippen molar-refractivity contribution in [3.8, 4) is 5.75 Å². The zero-order valence-corrected chi connectivity index (χ0v) is 11.5. The van der Waals surface area contributed by atoms with E-state index in [0.717, 1.165) is 12.8 Å². The van der Waals surface area contributed by atoms with Crippen molar-refractivity contribution in [2.75, 3.05) is 7.11 Å². The van der Waals surface area contributed by atoms with Gasteiger partial charge in [-0.05, 0) is 52.4 Å². The van der Waals surface area contributed by atoms with Crippen LogP contribution in [0.2, 0.25) is 0 Å². The van der Waals surface area contributed by atoms with Gasteiger partial charge in [0, 0.05) is 5.92 Å². The zero-order valence-electron chi connectivity index (χ0n) is 9.95. The van der Waals surface area contributed by atoms with E-state index in [0.29, 0.717) is 15.8 Å². The highest BCUT2D eigenvalue weighted by Crippen LogP contribution is 2.46. The topological polar surface area (TPSA) is 46.5 Å². The van der Waals surface area contributed by atoms with Gasteiger partial charge in [0.25, 0.3) is 0 Å². The Morgan fingerprint density at radius 3 is 2.78 bits per heavy atom. The van der Waals surface area contributed by atoms with E-state index in [2.05, 4.69) is 15.9 Å². The minimum absolute atomic E-state index is 0.0405. The average molecular weight is 317 g/mol. The number of aliphatic carboxylic acids is 1. The van der Waals surface area contributed by atoms with Crippen LogP contribution in [0.15, 0.2) is 16.6 Å². The van der Waals surface area contributed by atoms with Crippen molar-refractivity contribution in [3.63, 3.8) is 0 Å². The van der Waals surface area contributed by atoms with Gasteiger partial charge in [-0.3, -0.25) is 4.79 Å². The van der Waals surface area contributed by atoms with Crippen LogP contribution in [0.1, 0.15) is 30.7 Å². The van der Waals surface area contributed by atoms with Crippen LogP contribution in [0.3, 0.4) is 0 Å². The van der Waals surface area contributed by atoms with Crippen molar-refractivity contribution < 1.29 is 19.0 Å². The molecule has 1 aromatic rings. The number of carbonyl (C=O) groups is 1. The number of carboxylic acid groups (broad SMARTS) is 1. The molecule has 0 bridgehead atoms. The van der Waals surface area contributed by atoms with Crippen LogP contribution in [0.4, 0.5) is 4.39 Å². The number of ether oxygens (including phenoxy) is 1. The Kier molecular flexibility index (Phi) is 3.90. The van der Waals surface area contributed by atoms with Crippen molar-refractivity contribution in [2.45, 2.75) is 25.2 Å². The molecule has 1 aromatic carbocycles. The molecule has 1 atom stereocenters. The van der Waals surface area contributed by atoms with Gasteiger partial charge >= 0.3 is 5.97 Å². The normalized spacial score (nSPS) is 16.4. The Morgan fingerprint density at radius 2 is 2.28 bits per heavy atom. The second-order valence-electron chi connectivity index (χ2n) is 4.55. The molecule has 5 heteroatoms. The first-order chi connectivity index (χ1) is 8.52. The smallest absolute Gasteiger partial charge is 0.303 e. The van der Waals surface area contributed by atoms with Gasteiger partial charge in [-0.15, -0.1) is 0 Å². The highest BCUT2D eigenvalue weighted by molar-refractivity contribution is 9.10. The molecule has 1 saturated carbocycles. The third-order valence-corrected chi connectivity index (χ3v) is 3.83. The fourth-order valence-corrected chi connectivity index (χ4v) is 2.64. The Hall–Kier alpha value is -1.10. The lowest BCUT2D eigenvalue weighted by Gasteiger charge is -2.17. The maximum atomic E-state index is 14.1. The highest BCUT2D eigenvalue weighted by Gasteiger charge is 2.35. The van der Waals surface area contributed by atoms with Gasteiger partial charge in [-0.2, -0.15) is 0 Å². The molecular weight excluding hydrogens is 303 g/mol. The zero-order chi connectivity index (χ0) is 13.3. The van der Waals surface area contributed by atoms with Gasteiger partial charge in [0.1, 0.15) is 11.6 Å². The Bertz CT molecular complexity index is 472. The maximum Gasteiger partial charge on any atom is 0.303 e. The van der Waals surface area contributed by atoms with E-state index < -0.39 is 5.97 Å². The van der Waals surface area contributed by atoms with E-state index in [-0.39, 0.29) is 24.1 Å². The lowest BCUT2D eigenvalue weighted by Crippen LogP contribution is -2.10. The van der Waals surface area contributed by atoms with Crippen molar-refractivity contribution in [3.05, 3.63) is 28.0 Å². The summed E-state index contributed by atoms with van der Waals surface area (Å²) in [4.78, 5) is 10.9. The fourth-order valence-electron chi connectivity index (χ4n) is 2.19. The van der Waals surface area contributed by atoms with Crippen LogP contribution in [-0.4, -0.2) is 18.2 Å². The molecule has 1 aliphatic carbocycles. The van der Waals surface area contributed by atoms with E-state index in [1.54, 1.807) is 12.1 Å². The molecule has 0 heterocycles. The molecule has 2 rings (SSSR count). The lowest BCUT2D eigenvalue weighted by molar-refractivity contribution is -0.137. The van der Waals surface area contributed by atoms with Crippen LogP contribution < -0.4 is 4.74 Å². The largest absolute Gasteiger partial charge is 0.497 e. The van der Waals surface area contributed by atoms with Gasteiger partial charge < -0.3 is 9.84 Å². The molecule has 1 N–H and O–H groups in total. The van der Waals surface area contributed by atoms with Crippen molar-refractivity contribution >= 4 is 21.9 Å². The first-order valence-corrected chi connectivity index (χ1v) is 6.57. The SMILES string of the molecule is COc1cc(Br)c(F)c(C(CC(=O)O)C2CC2)c1. The molecule has 98 valence electrons. The number of hydrogen-bond donors (Lipinski definition) is 1. The average Bonchev–Trinajstić information content (AvgIpc) is 3.13. The molecule has 1 fully saturated rings. The minimum atomic E-state index is -0.898. The second kappa shape index (κ2) is 5.26. The quantitative estimate of drug-likeness (QED) is 0.903. The Morgan fingerprint density at radius 1 is 1.61 bits per heavy atom. The molecule has 0 saturated heterocycles. The van der Waals surface area contributed by atoms with Gasteiger partial charge in [0.05, 0.1) is 18.0 Å². The predicted molar refractivity (Wildman–Crippen MR) is 68.4 cm³/mol. The summed E-state index contributed by atoms with van der Waals surface area (Å²) in [5.74, 6) is -0.739. The molecule has 3 nitrogen and oxygen atoms in total. The summed E-state index contributed by atoms with van der Waals surface area (Å²) in [6.45, 7) is 0. The van der Waals surface area contributed by atoms with Crippen LogP contribution in [0.5, 0.6) is 5.75 Å². The molecule has 0 radical (unpaired) electrons. The third kappa shape index (κ3) is 2.83. The van der Waals surface area contributed by atoms with E-state index in [9.17, 15) is 9.18 Å². The molecule has 18 heavy (non-hydrogen) atoms. The van der Waals surface area contributed by atoms with Crippen molar-refractivity contribution in [2.24, 2.45) is 5.92 Å².